The summed E-state index contributed by atoms with van der Waals surface area (Å²) in [5.41, 5.74) is 1.46. The van der Waals surface area contributed by atoms with Crippen LogP contribution in [0, 0.1) is 0 Å². The average Bonchev–Trinajstić information content (AvgIpc) is 2.66. The minimum atomic E-state index is -0.461. The van der Waals surface area contributed by atoms with Crippen LogP contribution >= 0.6 is 11.8 Å². The van der Waals surface area contributed by atoms with Crippen molar-refractivity contribution in [3.05, 3.63) is 70.5 Å². The summed E-state index contributed by atoms with van der Waals surface area (Å²) in [6, 6.07) is 16.9. The molecule has 0 saturated heterocycles. The number of fused-ring (bicyclic) bond motifs is 1. The van der Waals surface area contributed by atoms with Gasteiger partial charge in [0, 0.05) is 20.6 Å². The molecule has 0 spiro atoms. The molecule has 0 aliphatic rings. The minimum Gasteiger partial charge on any atom is -0.348 e. The van der Waals surface area contributed by atoms with Crippen molar-refractivity contribution in [2.45, 2.75) is 23.9 Å². The van der Waals surface area contributed by atoms with Gasteiger partial charge in [-0.1, -0.05) is 54.2 Å². The molecule has 0 unspecified atom stereocenters. The normalized spacial score (nSPS) is 12.1. The summed E-state index contributed by atoms with van der Waals surface area (Å²) < 4.78 is 1.63. The molecule has 0 radical (unpaired) electrons. The first kappa shape index (κ1) is 18.2. The fourth-order valence-electron chi connectivity index (χ4n) is 2.75. The lowest BCUT2D eigenvalue weighted by Gasteiger charge is -2.21. The molecular weight excluding hydrogens is 346 g/mol. The Hall–Kier alpha value is -2.60. The van der Waals surface area contributed by atoms with Gasteiger partial charge >= 0.3 is 0 Å². The summed E-state index contributed by atoms with van der Waals surface area (Å²) in [6.45, 7) is 2.41. The van der Waals surface area contributed by atoms with Crippen molar-refractivity contribution in [3.63, 3.8) is 0 Å². The van der Waals surface area contributed by atoms with Crippen LogP contribution in [0.15, 0.2) is 64.5 Å². The predicted molar refractivity (Wildman–Crippen MR) is 105 cm³/mol. The van der Waals surface area contributed by atoms with Crippen molar-refractivity contribution in [2.75, 3.05) is 14.1 Å². The van der Waals surface area contributed by atoms with E-state index < -0.39 is 5.25 Å². The molecule has 0 fully saturated rings. The maximum atomic E-state index is 12.8. The van der Waals surface area contributed by atoms with Crippen LogP contribution in [-0.2, 0) is 11.3 Å². The van der Waals surface area contributed by atoms with Crippen LogP contribution in [-0.4, -0.2) is 34.5 Å². The highest BCUT2D eigenvalue weighted by molar-refractivity contribution is 8.00. The van der Waals surface area contributed by atoms with E-state index >= 15 is 0 Å². The fourth-order valence-corrected chi connectivity index (χ4v) is 4.05. The van der Waals surface area contributed by atoms with Crippen molar-refractivity contribution < 1.29 is 4.79 Å². The Morgan fingerprint density at radius 3 is 2.42 bits per heavy atom. The number of carbonyl (C=O) groups excluding carboxylic acids is 1. The van der Waals surface area contributed by atoms with Crippen molar-refractivity contribution in [2.24, 2.45) is 0 Å². The van der Waals surface area contributed by atoms with Gasteiger partial charge in [0.25, 0.3) is 5.56 Å². The van der Waals surface area contributed by atoms with E-state index in [0.29, 0.717) is 22.6 Å². The third kappa shape index (κ3) is 3.51. The molecule has 0 N–H and O–H groups in total. The van der Waals surface area contributed by atoms with Crippen LogP contribution in [0.5, 0.6) is 0 Å². The van der Waals surface area contributed by atoms with Gasteiger partial charge < -0.3 is 4.90 Å². The van der Waals surface area contributed by atoms with Gasteiger partial charge in [-0.15, -0.1) is 0 Å². The summed E-state index contributed by atoms with van der Waals surface area (Å²) in [6.07, 6.45) is 0. The highest BCUT2D eigenvalue weighted by Gasteiger charge is 2.26. The first-order valence-corrected chi connectivity index (χ1v) is 9.33. The largest absolute Gasteiger partial charge is 0.348 e. The Labute approximate surface area is 156 Å². The molecule has 1 aromatic heterocycles. The Bertz CT molecular complexity index is 983. The number of amides is 1. The molecule has 1 atom stereocenters. The molecule has 6 heteroatoms. The van der Waals surface area contributed by atoms with Crippen LogP contribution in [0.25, 0.3) is 10.9 Å². The van der Waals surface area contributed by atoms with Crippen molar-refractivity contribution >= 4 is 28.6 Å². The number of nitrogens with zero attached hydrogens (tertiary/aromatic N) is 3. The van der Waals surface area contributed by atoms with Gasteiger partial charge in [0.05, 0.1) is 10.9 Å². The van der Waals surface area contributed by atoms with Crippen molar-refractivity contribution in [1.29, 1.82) is 0 Å². The van der Waals surface area contributed by atoms with Crippen molar-refractivity contribution in [1.82, 2.24) is 14.5 Å². The van der Waals surface area contributed by atoms with Crippen LogP contribution in [0.4, 0.5) is 0 Å². The lowest BCUT2D eigenvalue weighted by atomic mass is 10.1. The maximum absolute atomic E-state index is 12.8. The number of benzene rings is 2. The molecule has 3 aromatic rings. The molecular formula is C20H21N3O2S. The van der Waals surface area contributed by atoms with E-state index in [0.717, 1.165) is 5.56 Å². The number of aromatic nitrogens is 2. The molecule has 0 aliphatic carbocycles. The number of hydrogen-bond acceptors (Lipinski definition) is 4. The third-order valence-electron chi connectivity index (χ3n) is 4.13. The molecule has 134 valence electrons. The van der Waals surface area contributed by atoms with Gasteiger partial charge in [0.1, 0.15) is 5.25 Å². The molecule has 0 aliphatic heterocycles. The smallest absolute Gasteiger partial charge is 0.262 e. The second-order valence-electron chi connectivity index (χ2n) is 6.10. The van der Waals surface area contributed by atoms with E-state index in [9.17, 15) is 9.59 Å². The first-order chi connectivity index (χ1) is 12.5. The maximum Gasteiger partial charge on any atom is 0.262 e. The van der Waals surface area contributed by atoms with E-state index in [-0.39, 0.29) is 11.5 Å². The van der Waals surface area contributed by atoms with E-state index in [4.69, 9.17) is 0 Å². The lowest BCUT2D eigenvalue weighted by Crippen LogP contribution is -2.28. The van der Waals surface area contributed by atoms with Gasteiger partial charge in [0.2, 0.25) is 5.91 Å². The second kappa shape index (κ2) is 7.74. The monoisotopic (exact) mass is 367 g/mol. The van der Waals surface area contributed by atoms with Crippen LogP contribution in [0.3, 0.4) is 0 Å². The minimum absolute atomic E-state index is 0.0359. The number of thioether (sulfide) groups is 1. The SMILES string of the molecule is CCn1c(S[C@@H](C(=O)N(C)C)c2ccccc2)nc2ccccc2c1=O. The Morgan fingerprint density at radius 1 is 1.12 bits per heavy atom. The van der Waals surface area contributed by atoms with E-state index in [1.807, 2.05) is 55.5 Å². The highest BCUT2D eigenvalue weighted by atomic mass is 32.2. The van der Waals surface area contributed by atoms with Crippen LogP contribution in [0.2, 0.25) is 0 Å². The molecule has 1 heterocycles. The Kier molecular flexibility index (Phi) is 5.42. The van der Waals surface area contributed by atoms with Crippen LogP contribution in [0.1, 0.15) is 17.7 Å². The summed E-state index contributed by atoms with van der Waals surface area (Å²) in [5, 5.41) is 0.686. The zero-order valence-electron chi connectivity index (χ0n) is 15.0. The molecule has 5 nitrogen and oxygen atoms in total. The summed E-state index contributed by atoms with van der Waals surface area (Å²) >= 11 is 1.32. The highest BCUT2D eigenvalue weighted by Crippen LogP contribution is 2.35. The lowest BCUT2D eigenvalue weighted by molar-refractivity contribution is -0.128. The summed E-state index contributed by atoms with van der Waals surface area (Å²) in [5.74, 6) is -0.0359. The summed E-state index contributed by atoms with van der Waals surface area (Å²) in [7, 11) is 3.47. The first-order valence-electron chi connectivity index (χ1n) is 8.45. The van der Waals surface area contributed by atoms with Gasteiger partial charge in [-0.3, -0.25) is 14.2 Å². The molecule has 0 bridgehead atoms. The fraction of sp³-hybridized carbons (Fsp3) is 0.250. The number of rotatable bonds is 5. The van der Waals surface area contributed by atoms with E-state index in [1.54, 1.807) is 29.6 Å². The topological polar surface area (TPSA) is 55.2 Å². The molecule has 2 aromatic carbocycles. The second-order valence-corrected chi connectivity index (χ2v) is 7.17. The van der Waals surface area contributed by atoms with Gasteiger partial charge in [-0.2, -0.15) is 0 Å². The average molecular weight is 367 g/mol. The van der Waals surface area contributed by atoms with E-state index in [2.05, 4.69) is 4.98 Å². The molecule has 3 rings (SSSR count). The molecule has 1 amide bonds. The van der Waals surface area contributed by atoms with Crippen LogP contribution < -0.4 is 5.56 Å². The quantitative estimate of drug-likeness (QED) is 0.513. The van der Waals surface area contributed by atoms with E-state index in [1.165, 1.54) is 11.8 Å². The predicted octanol–water partition coefficient (Wildman–Crippen LogP) is 3.34. The summed E-state index contributed by atoms with van der Waals surface area (Å²) in [4.78, 5) is 31.8. The number of para-hydroxylation sites is 1. The zero-order chi connectivity index (χ0) is 18.7. The molecule has 26 heavy (non-hydrogen) atoms. The number of hydrogen-bond donors (Lipinski definition) is 0. The van der Waals surface area contributed by atoms with Gasteiger partial charge in [0.15, 0.2) is 5.16 Å². The zero-order valence-corrected chi connectivity index (χ0v) is 15.9. The Morgan fingerprint density at radius 2 is 1.77 bits per heavy atom. The number of likely N-dealkylation sites (N-methyl/N-ethyl adjacent to an activating group) is 1. The third-order valence-corrected chi connectivity index (χ3v) is 5.37. The Balaban J connectivity index is 2.12. The van der Waals surface area contributed by atoms with Gasteiger partial charge in [-0.25, -0.2) is 4.98 Å². The number of carbonyl (C=O) groups is 1. The standard InChI is InChI=1S/C20H21N3O2S/c1-4-23-18(24)15-12-8-9-13-16(15)21-20(23)26-17(19(25)22(2)3)14-10-6-5-7-11-14/h5-13,17H,4H2,1-3H3/t17-/m1/s1. The van der Waals surface area contributed by atoms with Crippen molar-refractivity contribution in [3.8, 4) is 0 Å². The van der Waals surface area contributed by atoms with Gasteiger partial charge in [-0.05, 0) is 24.6 Å². The molecule has 0 saturated carbocycles.